The molecule has 0 aromatic carbocycles. The van der Waals surface area contributed by atoms with Crippen molar-refractivity contribution >= 4 is 11.8 Å². The van der Waals surface area contributed by atoms with Crippen LogP contribution >= 0.6 is 0 Å². The zero-order valence-electron chi connectivity index (χ0n) is 17.3. The van der Waals surface area contributed by atoms with Gasteiger partial charge in [0.2, 0.25) is 11.8 Å². The molecular weight excluding hydrogens is 388 g/mol. The van der Waals surface area contributed by atoms with E-state index in [1.165, 1.54) is 0 Å². The first-order chi connectivity index (χ1) is 14.6. The lowest BCUT2D eigenvalue weighted by Crippen LogP contribution is -2.53. The van der Waals surface area contributed by atoms with E-state index in [-0.39, 0.29) is 37.0 Å². The topological polar surface area (TPSA) is 113 Å². The van der Waals surface area contributed by atoms with Crippen LogP contribution in [-0.4, -0.2) is 91.1 Å². The van der Waals surface area contributed by atoms with Crippen molar-refractivity contribution in [2.24, 2.45) is 0 Å². The van der Waals surface area contributed by atoms with Crippen molar-refractivity contribution in [2.45, 2.75) is 43.9 Å². The number of aliphatic hydroxyl groups is 1. The van der Waals surface area contributed by atoms with Gasteiger partial charge in [-0.05, 0) is 31.4 Å². The Kier molecular flexibility index (Phi) is 9.00. The van der Waals surface area contributed by atoms with E-state index in [9.17, 15) is 14.7 Å². The molecule has 0 radical (unpaired) electrons. The molecule has 3 heterocycles. The molecule has 166 valence electrons. The SMILES string of the molecule is O=C(Cc1ccccn1)NCC[C@@H]1CC[C@@H](NC(=O)CN2CCOCC2)[C@@H](CO)O1. The highest BCUT2D eigenvalue weighted by Gasteiger charge is 2.32. The Morgan fingerprint density at radius 3 is 2.77 bits per heavy atom. The molecule has 2 fully saturated rings. The van der Waals surface area contributed by atoms with E-state index in [1.807, 2.05) is 18.2 Å². The van der Waals surface area contributed by atoms with Gasteiger partial charge in [0.1, 0.15) is 6.10 Å². The van der Waals surface area contributed by atoms with E-state index in [1.54, 1.807) is 6.20 Å². The summed E-state index contributed by atoms with van der Waals surface area (Å²) >= 11 is 0. The second-order valence-corrected chi connectivity index (χ2v) is 7.76. The number of amides is 2. The van der Waals surface area contributed by atoms with Gasteiger partial charge in [-0.3, -0.25) is 19.5 Å². The monoisotopic (exact) mass is 420 g/mol. The van der Waals surface area contributed by atoms with Gasteiger partial charge in [0, 0.05) is 31.5 Å². The summed E-state index contributed by atoms with van der Waals surface area (Å²) < 4.78 is 11.3. The Hall–Kier alpha value is -2.07. The van der Waals surface area contributed by atoms with E-state index >= 15 is 0 Å². The molecular formula is C21H32N4O5. The fourth-order valence-corrected chi connectivity index (χ4v) is 3.83. The van der Waals surface area contributed by atoms with Crippen molar-refractivity contribution in [3.05, 3.63) is 30.1 Å². The van der Waals surface area contributed by atoms with Gasteiger partial charge in [-0.1, -0.05) is 6.07 Å². The smallest absolute Gasteiger partial charge is 0.234 e. The predicted octanol–water partition coefficient (Wildman–Crippen LogP) is -0.513. The van der Waals surface area contributed by atoms with E-state index in [2.05, 4.69) is 20.5 Å². The molecule has 0 bridgehead atoms. The third-order valence-corrected chi connectivity index (χ3v) is 5.47. The Morgan fingerprint density at radius 2 is 2.03 bits per heavy atom. The maximum Gasteiger partial charge on any atom is 0.234 e. The van der Waals surface area contributed by atoms with Crippen LogP contribution in [0, 0.1) is 0 Å². The van der Waals surface area contributed by atoms with Crippen molar-refractivity contribution in [3.8, 4) is 0 Å². The average molecular weight is 421 g/mol. The van der Waals surface area contributed by atoms with Crippen LogP contribution in [-0.2, 0) is 25.5 Å². The third-order valence-electron chi connectivity index (χ3n) is 5.47. The van der Waals surface area contributed by atoms with Gasteiger partial charge < -0.3 is 25.2 Å². The Balaban J connectivity index is 1.35. The van der Waals surface area contributed by atoms with E-state index in [4.69, 9.17) is 9.47 Å². The highest BCUT2D eigenvalue weighted by Crippen LogP contribution is 2.21. The van der Waals surface area contributed by atoms with Crippen molar-refractivity contribution in [3.63, 3.8) is 0 Å². The van der Waals surface area contributed by atoms with Crippen LogP contribution in [0.1, 0.15) is 25.0 Å². The quantitative estimate of drug-likeness (QED) is 0.493. The third kappa shape index (κ3) is 7.32. The van der Waals surface area contributed by atoms with E-state index in [0.29, 0.717) is 32.7 Å². The summed E-state index contributed by atoms with van der Waals surface area (Å²) in [4.78, 5) is 30.6. The summed E-state index contributed by atoms with van der Waals surface area (Å²) in [5.74, 6) is -0.124. The number of carbonyl (C=O) groups is 2. The minimum atomic E-state index is -0.429. The Bertz CT molecular complexity index is 669. The van der Waals surface area contributed by atoms with Crippen LogP contribution in [0.15, 0.2) is 24.4 Å². The molecule has 0 spiro atoms. The van der Waals surface area contributed by atoms with Crippen LogP contribution in [0.25, 0.3) is 0 Å². The van der Waals surface area contributed by atoms with Gasteiger partial charge in [-0.15, -0.1) is 0 Å². The summed E-state index contributed by atoms with van der Waals surface area (Å²) in [5.41, 5.74) is 0.736. The molecule has 3 N–H and O–H groups in total. The van der Waals surface area contributed by atoms with Crippen molar-refractivity contribution in [1.82, 2.24) is 20.5 Å². The number of aliphatic hydroxyl groups excluding tert-OH is 1. The van der Waals surface area contributed by atoms with Crippen LogP contribution in [0.2, 0.25) is 0 Å². The average Bonchev–Trinajstić information content (AvgIpc) is 2.76. The lowest BCUT2D eigenvalue weighted by atomic mass is 9.97. The molecule has 2 amide bonds. The second-order valence-electron chi connectivity index (χ2n) is 7.76. The minimum absolute atomic E-state index is 0.0512. The maximum absolute atomic E-state index is 12.3. The zero-order valence-corrected chi connectivity index (χ0v) is 17.3. The number of nitrogens with zero attached hydrogens (tertiary/aromatic N) is 2. The van der Waals surface area contributed by atoms with Crippen LogP contribution in [0.3, 0.4) is 0 Å². The predicted molar refractivity (Wildman–Crippen MR) is 110 cm³/mol. The van der Waals surface area contributed by atoms with Crippen molar-refractivity contribution in [2.75, 3.05) is 46.0 Å². The van der Waals surface area contributed by atoms with Crippen LogP contribution in [0.4, 0.5) is 0 Å². The number of aromatic nitrogens is 1. The number of ether oxygens (including phenoxy) is 2. The molecule has 2 aliphatic rings. The zero-order chi connectivity index (χ0) is 21.2. The number of morpholine rings is 1. The Labute approximate surface area is 177 Å². The molecule has 0 saturated carbocycles. The number of rotatable bonds is 9. The van der Waals surface area contributed by atoms with Gasteiger partial charge in [0.05, 0.1) is 44.9 Å². The molecule has 30 heavy (non-hydrogen) atoms. The van der Waals surface area contributed by atoms with Gasteiger partial charge in [-0.25, -0.2) is 0 Å². The molecule has 9 heteroatoms. The van der Waals surface area contributed by atoms with Gasteiger partial charge in [0.25, 0.3) is 0 Å². The fourth-order valence-electron chi connectivity index (χ4n) is 3.83. The first-order valence-corrected chi connectivity index (χ1v) is 10.7. The fraction of sp³-hybridized carbons (Fsp3) is 0.667. The minimum Gasteiger partial charge on any atom is -0.394 e. The van der Waals surface area contributed by atoms with Crippen LogP contribution < -0.4 is 10.6 Å². The molecule has 3 atom stereocenters. The first kappa shape index (κ1) is 22.6. The largest absolute Gasteiger partial charge is 0.394 e. The first-order valence-electron chi connectivity index (χ1n) is 10.7. The van der Waals surface area contributed by atoms with Crippen molar-refractivity contribution in [1.29, 1.82) is 0 Å². The molecule has 0 unspecified atom stereocenters. The summed E-state index contributed by atoms with van der Waals surface area (Å²) in [6.07, 6.45) is 3.62. The molecule has 9 nitrogen and oxygen atoms in total. The Morgan fingerprint density at radius 1 is 1.20 bits per heavy atom. The summed E-state index contributed by atoms with van der Waals surface area (Å²) in [6.45, 7) is 3.51. The van der Waals surface area contributed by atoms with Crippen LogP contribution in [0.5, 0.6) is 0 Å². The number of nitrogens with one attached hydrogen (secondary N) is 2. The molecule has 3 rings (SSSR count). The summed E-state index contributed by atoms with van der Waals surface area (Å²) in [6, 6.07) is 5.30. The number of hydrogen-bond donors (Lipinski definition) is 3. The van der Waals surface area contributed by atoms with Gasteiger partial charge in [0.15, 0.2) is 0 Å². The number of carbonyl (C=O) groups excluding carboxylic acids is 2. The number of pyridine rings is 1. The molecule has 2 aliphatic heterocycles. The molecule has 1 aromatic heterocycles. The van der Waals surface area contributed by atoms with E-state index in [0.717, 1.165) is 31.6 Å². The second kappa shape index (κ2) is 11.9. The highest BCUT2D eigenvalue weighted by atomic mass is 16.5. The number of hydrogen-bond acceptors (Lipinski definition) is 7. The molecule has 2 saturated heterocycles. The van der Waals surface area contributed by atoms with Crippen molar-refractivity contribution < 1.29 is 24.2 Å². The normalized spacial score (nSPS) is 24.9. The lowest BCUT2D eigenvalue weighted by Gasteiger charge is -2.36. The van der Waals surface area contributed by atoms with E-state index < -0.39 is 6.10 Å². The molecule has 1 aromatic rings. The van der Waals surface area contributed by atoms with Gasteiger partial charge >= 0.3 is 0 Å². The summed E-state index contributed by atoms with van der Waals surface area (Å²) in [7, 11) is 0. The maximum atomic E-state index is 12.3. The summed E-state index contributed by atoms with van der Waals surface area (Å²) in [5, 5.41) is 15.6. The standard InChI is InChI=1S/C21H32N4O5/c26-15-19-18(24-21(28)14-25-9-11-29-12-10-25)5-4-17(30-19)6-8-23-20(27)13-16-3-1-2-7-22-16/h1-3,7,17-19,26H,4-6,8-15H2,(H,23,27)(H,24,28)/t17-,18+,19+/m0/s1. The lowest BCUT2D eigenvalue weighted by molar-refractivity contribution is -0.130. The van der Waals surface area contributed by atoms with Gasteiger partial charge in [-0.2, -0.15) is 0 Å². The molecule has 0 aliphatic carbocycles. The highest BCUT2D eigenvalue weighted by molar-refractivity contribution is 5.78.